The first-order chi connectivity index (χ1) is 6.86. The third-order valence-corrected chi connectivity index (χ3v) is 1.35. The summed E-state index contributed by atoms with van der Waals surface area (Å²) in [5.74, 6) is 0. The predicted molar refractivity (Wildman–Crippen MR) is 33.8 cm³/mol. The summed E-state index contributed by atoms with van der Waals surface area (Å²) in [6.45, 7) is -9.41. The minimum Gasteiger partial charge on any atom is -0.347 e. The van der Waals surface area contributed by atoms with Crippen LogP contribution in [0.3, 0.4) is 0 Å². The number of rotatable bonds is 1. The molecule has 10 heavy (non-hydrogen) atoms. The third kappa shape index (κ3) is 1.44. The largest absolute Gasteiger partial charge is 0.363 e. The summed E-state index contributed by atoms with van der Waals surface area (Å²) in [6, 6.07) is 0. The Morgan fingerprint density at radius 2 is 2.20 bits per heavy atom. The molecule has 6 heteroatoms. The van der Waals surface area contributed by atoms with Crippen LogP contribution in [-0.2, 0) is 9.47 Å². The molecule has 0 saturated carbocycles. The predicted octanol–water partition coefficient (Wildman–Crippen LogP) is 0.250. The molecular weight excluding hydrogens is 206 g/mol. The molecule has 1 fully saturated rings. The van der Waals surface area contributed by atoms with Gasteiger partial charge in [0.2, 0.25) is 4.92 Å². The first-order valence-corrected chi connectivity index (χ1v) is 2.90. The molecule has 1 rings (SSSR count). The smallest absolute Gasteiger partial charge is 0.347 e. The van der Waals surface area contributed by atoms with Gasteiger partial charge in [0, 0.05) is 15.9 Å². The molecule has 1 aliphatic rings. The van der Waals surface area contributed by atoms with E-state index in [2.05, 4.69) is 25.4 Å². The van der Waals surface area contributed by atoms with Crippen molar-refractivity contribution >= 4 is 15.9 Å². The summed E-state index contributed by atoms with van der Waals surface area (Å²) in [5, 5.41) is 8.75. The molecule has 1 saturated heterocycles. The van der Waals surface area contributed by atoms with E-state index in [0.29, 0.717) is 0 Å². The van der Waals surface area contributed by atoms with Crippen LogP contribution < -0.4 is 0 Å². The van der Waals surface area contributed by atoms with Crippen molar-refractivity contribution in [2.75, 3.05) is 19.9 Å². The number of halogens is 1. The highest BCUT2D eigenvalue weighted by Gasteiger charge is 2.48. The van der Waals surface area contributed by atoms with E-state index in [-0.39, 0.29) is 0 Å². The average Bonchev–Trinajstić information content (AvgIpc) is 1.94. The van der Waals surface area contributed by atoms with Crippen molar-refractivity contribution in [3.8, 4) is 0 Å². The van der Waals surface area contributed by atoms with Crippen LogP contribution in [0.25, 0.3) is 0 Å². The molecular formula is C4H7BrNO4+. The molecule has 0 aliphatic carbocycles. The van der Waals surface area contributed by atoms with E-state index in [9.17, 15) is 4.91 Å². The van der Waals surface area contributed by atoms with Gasteiger partial charge in [0.05, 0.1) is 13.1 Å². The molecule has 0 spiro atoms. The fraction of sp³-hybridized carbons (Fsp3) is 1.00. The Morgan fingerprint density at radius 1 is 1.70 bits per heavy atom. The zero-order valence-electron chi connectivity index (χ0n) is 10.5. The van der Waals surface area contributed by atoms with E-state index in [1.807, 2.05) is 0 Å². The van der Waals surface area contributed by atoms with Crippen molar-refractivity contribution < 1.29 is 27.8 Å². The van der Waals surface area contributed by atoms with Gasteiger partial charge in [-0.2, -0.15) is 0 Å². The average molecular weight is 219 g/mol. The van der Waals surface area contributed by atoms with E-state index in [0.717, 1.165) is 0 Å². The second kappa shape index (κ2) is 2.81. The van der Waals surface area contributed by atoms with Crippen LogP contribution in [0.2, 0.25) is 0 Å². The van der Waals surface area contributed by atoms with Gasteiger partial charge in [-0.05, 0) is 0 Å². The van der Waals surface area contributed by atoms with Crippen molar-refractivity contribution in [1.29, 1.82) is 0 Å². The number of alkyl halides is 1. The second-order valence-corrected chi connectivity index (χ2v) is 2.53. The maximum atomic E-state index is 10.8. The fourth-order valence-electron chi connectivity index (χ4n) is 0.297. The molecule has 0 bridgehead atoms. The topological polar surface area (TPSA) is 58.8 Å². The molecule has 0 atom stereocenters. The Morgan fingerprint density at radius 3 is 2.60 bits per heavy atom. The van der Waals surface area contributed by atoms with Crippen LogP contribution in [-0.4, -0.2) is 34.4 Å². The van der Waals surface area contributed by atoms with Gasteiger partial charge in [0.1, 0.15) is 19.9 Å². The minimum absolute atomic E-state index is 1.05. The van der Waals surface area contributed by atoms with Gasteiger partial charge in [-0.15, -0.1) is 0 Å². The van der Waals surface area contributed by atoms with E-state index >= 15 is 0 Å². The zero-order chi connectivity index (χ0) is 13.0. The molecule has 1 N–H and O–H groups in total. The Bertz CT molecular complexity index is 314. The highest BCUT2D eigenvalue weighted by atomic mass is 79.9. The molecule has 58 valence electrons. The number of ether oxygens (including phenoxy) is 2. The van der Waals surface area contributed by atoms with Crippen molar-refractivity contribution in [2.24, 2.45) is 0 Å². The molecule has 5 nitrogen and oxygen atoms in total. The lowest BCUT2D eigenvalue weighted by Crippen LogP contribution is -2.46. The lowest BCUT2D eigenvalue weighted by molar-refractivity contribution is -0.827. The minimum atomic E-state index is -3.17. The maximum Gasteiger partial charge on any atom is 0.363 e. The number of hydrogen-bond acceptors (Lipinski definition) is 3. The first kappa shape index (κ1) is 3.04. The maximum absolute atomic E-state index is 10.8. The van der Waals surface area contributed by atoms with Crippen LogP contribution in [0.5, 0.6) is 0 Å². The molecule has 0 aromatic rings. The Balaban J connectivity index is 3.33. The summed E-state index contributed by atoms with van der Waals surface area (Å²) < 4.78 is 48.3. The monoisotopic (exact) mass is 218 g/mol. The molecule has 0 radical (unpaired) electrons. The van der Waals surface area contributed by atoms with Gasteiger partial charge in [-0.1, -0.05) is 0 Å². The summed E-state index contributed by atoms with van der Waals surface area (Å²) in [7, 11) is 0. The SMILES string of the molecule is [2H]C1([2H])OC([2H])([2H])C(Br)([N+](=O)O)C([2H])([2H])O1. The number of hydrogen-bond donors (Lipinski definition) is 1. The van der Waals surface area contributed by atoms with Gasteiger partial charge in [0.25, 0.3) is 0 Å². The molecule has 1 aliphatic heterocycles. The van der Waals surface area contributed by atoms with E-state index < -0.39 is 29.2 Å². The van der Waals surface area contributed by atoms with Gasteiger partial charge < -0.3 is 9.47 Å². The number of nitrogens with zero attached hydrogens (tertiary/aromatic N) is 1. The van der Waals surface area contributed by atoms with Crippen LogP contribution in [0, 0.1) is 4.91 Å². The fourth-order valence-corrected chi connectivity index (χ4v) is 0.459. The van der Waals surface area contributed by atoms with Crippen LogP contribution in [0.4, 0.5) is 0 Å². The van der Waals surface area contributed by atoms with Crippen molar-refractivity contribution in [1.82, 2.24) is 0 Å². The summed E-state index contributed by atoms with van der Waals surface area (Å²) in [5.41, 5.74) is 0. The summed E-state index contributed by atoms with van der Waals surface area (Å²) in [4.78, 5) is 9.77. The summed E-state index contributed by atoms with van der Waals surface area (Å²) >= 11 is 2.35. The van der Waals surface area contributed by atoms with Crippen molar-refractivity contribution in [3.63, 3.8) is 0 Å². The van der Waals surface area contributed by atoms with Crippen LogP contribution >= 0.6 is 15.9 Å². The van der Waals surface area contributed by atoms with Crippen molar-refractivity contribution in [2.45, 2.75) is 4.45 Å². The molecule has 0 amide bonds. The highest BCUT2D eigenvalue weighted by molar-refractivity contribution is 9.10. The van der Waals surface area contributed by atoms with E-state index in [1.165, 1.54) is 0 Å². The van der Waals surface area contributed by atoms with Crippen LogP contribution in [0.15, 0.2) is 0 Å². The van der Waals surface area contributed by atoms with E-state index in [4.69, 9.17) is 13.4 Å². The quantitative estimate of drug-likeness (QED) is 0.390. The first-order valence-electron chi connectivity index (χ1n) is 5.11. The lowest BCUT2D eigenvalue weighted by Gasteiger charge is -2.19. The lowest BCUT2D eigenvalue weighted by atomic mass is 10.3. The Labute approximate surface area is 74.0 Å². The Kier molecular flexibility index (Phi) is 0.855. The van der Waals surface area contributed by atoms with E-state index in [1.54, 1.807) is 0 Å². The summed E-state index contributed by atoms with van der Waals surface area (Å²) in [6.07, 6.45) is 0. The standard InChI is InChI=1S/C4H7BrNO4/c5-4(6(7)8)1-9-3-10-2-4/h1-3H2,(H,7,8)/q+1/i1D2,2D2,3D2. The zero-order valence-corrected chi connectivity index (χ0v) is 6.08. The van der Waals surface area contributed by atoms with Gasteiger partial charge in [-0.3, -0.25) is 0 Å². The molecule has 0 aromatic carbocycles. The highest BCUT2D eigenvalue weighted by Crippen LogP contribution is 2.21. The van der Waals surface area contributed by atoms with Crippen molar-refractivity contribution in [3.05, 3.63) is 4.91 Å². The molecule has 1 heterocycles. The normalized spacial score (nSPS) is 48.1. The second-order valence-electron chi connectivity index (χ2n) is 1.39. The third-order valence-electron chi connectivity index (χ3n) is 0.719. The van der Waals surface area contributed by atoms with Gasteiger partial charge >= 0.3 is 4.45 Å². The van der Waals surface area contributed by atoms with Gasteiger partial charge in [-0.25, -0.2) is 5.21 Å². The van der Waals surface area contributed by atoms with Gasteiger partial charge in [0.15, 0.2) is 0 Å². The Hall–Kier alpha value is -0.200. The molecule has 0 unspecified atom stereocenters. The van der Waals surface area contributed by atoms with Crippen LogP contribution in [0.1, 0.15) is 8.22 Å². The molecule has 0 aromatic heterocycles.